The van der Waals surface area contributed by atoms with E-state index in [1.165, 1.54) is 6.07 Å². The van der Waals surface area contributed by atoms with E-state index in [4.69, 9.17) is 5.26 Å². The minimum absolute atomic E-state index is 0.172. The van der Waals surface area contributed by atoms with Crippen LogP contribution in [0.2, 0.25) is 0 Å². The van der Waals surface area contributed by atoms with Gasteiger partial charge in [0.1, 0.15) is 11.8 Å². The molecule has 1 aromatic carbocycles. The Morgan fingerprint density at radius 2 is 2.00 bits per heavy atom. The van der Waals surface area contributed by atoms with Crippen molar-refractivity contribution in [2.24, 2.45) is 5.10 Å². The number of carbonyl (C=O) groups excluding carboxylic acids is 1. The number of ketones is 1. The van der Waals surface area contributed by atoms with Gasteiger partial charge in [-0.3, -0.25) is 30.4 Å². The third-order valence-electron chi connectivity index (χ3n) is 2.12. The summed E-state index contributed by atoms with van der Waals surface area (Å²) in [6.45, 7) is 1.11. The first kappa shape index (κ1) is 14.7. The fourth-order valence-corrected chi connectivity index (χ4v) is 1.18. The van der Waals surface area contributed by atoms with Crippen LogP contribution in [-0.2, 0) is 4.79 Å². The summed E-state index contributed by atoms with van der Waals surface area (Å²) in [5.41, 5.74) is 0.474. The molecule has 0 saturated carbocycles. The molecule has 0 unspecified atom stereocenters. The van der Waals surface area contributed by atoms with Crippen molar-refractivity contribution in [1.82, 2.24) is 0 Å². The molecule has 1 N–H and O–H groups in total. The maximum absolute atomic E-state index is 10.9. The molecule has 0 saturated heterocycles. The van der Waals surface area contributed by atoms with Gasteiger partial charge in [-0.15, -0.1) is 0 Å². The Balaban J connectivity index is 3.20. The van der Waals surface area contributed by atoms with E-state index in [9.17, 15) is 25.0 Å². The summed E-state index contributed by atoms with van der Waals surface area (Å²) in [4.78, 5) is 30.7. The van der Waals surface area contributed by atoms with Gasteiger partial charge in [0, 0.05) is 13.0 Å². The Labute approximate surface area is 111 Å². The van der Waals surface area contributed by atoms with Crippen LogP contribution in [0, 0.1) is 31.6 Å². The molecular weight excluding hydrogens is 270 g/mol. The first-order chi connectivity index (χ1) is 9.36. The standard InChI is InChI=1S/C10H7N5O5/c1-6(16)9(5-11)13-12-8-3-2-7(14(17)18)4-10(8)15(19)20/h2-4,12H,1H3. The number of nitrogens with zero attached hydrogens (tertiary/aromatic N) is 4. The van der Waals surface area contributed by atoms with Crippen molar-refractivity contribution in [3.63, 3.8) is 0 Å². The molecule has 0 radical (unpaired) electrons. The summed E-state index contributed by atoms with van der Waals surface area (Å²) in [5, 5.41) is 33.4. The number of Topliss-reactive ketones (excluding diaryl/α,β-unsaturated/α-hetero) is 1. The molecule has 0 heterocycles. The number of hydrazone groups is 1. The third-order valence-corrected chi connectivity index (χ3v) is 2.12. The SMILES string of the molecule is CC(=O)C(C#N)=NNc1ccc([N+](=O)[O-])cc1[N+](=O)[O-]. The van der Waals surface area contributed by atoms with E-state index >= 15 is 0 Å². The topological polar surface area (TPSA) is 152 Å². The Kier molecular flexibility index (Phi) is 4.42. The number of anilines is 1. The zero-order chi connectivity index (χ0) is 15.3. The van der Waals surface area contributed by atoms with Crippen LogP contribution in [0.3, 0.4) is 0 Å². The van der Waals surface area contributed by atoms with Crippen molar-refractivity contribution < 1.29 is 14.6 Å². The molecule has 0 aliphatic carbocycles. The smallest absolute Gasteiger partial charge is 0.292 e. The van der Waals surface area contributed by atoms with Gasteiger partial charge in [0.05, 0.1) is 15.9 Å². The molecule has 10 nitrogen and oxygen atoms in total. The zero-order valence-electron chi connectivity index (χ0n) is 10.1. The van der Waals surface area contributed by atoms with Crippen molar-refractivity contribution >= 4 is 28.6 Å². The maximum Gasteiger partial charge on any atom is 0.301 e. The van der Waals surface area contributed by atoms with Gasteiger partial charge < -0.3 is 0 Å². The lowest BCUT2D eigenvalue weighted by molar-refractivity contribution is -0.393. The molecule has 0 aromatic heterocycles. The van der Waals surface area contributed by atoms with E-state index in [1.807, 2.05) is 0 Å². The first-order valence-corrected chi connectivity index (χ1v) is 5.04. The highest BCUT2D eigenvalue weighted by Crippen LogP contribution is 2.28. The van der Waals surface area contributed by atoms with E-state index in [0.717, 1.165) is 25.1 Å². The third kappa shape index (κ3) is 3.33. The van der Waals surface area contributed by atoms with Crippen LogP contribution >= 0.6 is 0 Å². The van der Waals surface area contributed by atoms with Gasteiger partial charge in [0.2, 0.25) is 5.71 Å². The van der Waals surface area contributed by atoms with E-state index in [2.05, 4.69) is 10.5 Å². The van der Waals surface area contributed by atoms with E-state index in [-0.39, 0.29) is 5.69 Å². The molecular formula is C10H7N5O5. The molecule has 0 bridgehead atoms. The van der Waals surface area contributed by atoms with Crippen LogP contribution in [0.1, 0.15) is 6.92 Å². The average molecular weight is 277 g/mol. The average Bonchev–Trinajstić information content (AvgIpc) is 2.38. The zero-order valence-corrected chi connectivity index (χ0v) is 10.1. The van der Waals surface area contributed by atoms with Gasteiger partial charge in [-0.2, -0.15) is 10.4 Å². The van der Waals surface area contributed by atoms with E-state index < -0.39 is 32.7 Å². The van der Waals surface area contributed by atoms with Crippen molar-refractivity contribution in [3.8, 4) is 6.07 Å². The number of nitriles is 1. The summed E-state index contributed by atoms with van der Waals surface area (Å²) in [7, 11) is 0. The molecule has 0 aliphatic heterocycles. The molecule has 0 spiro atoms. The lowest BCUT2D eigenvalue weighted by Crippen LogP contribution is -2.10. The monoisotopic (exact) mass is 277 g/mol. The number of benzene rings is 1. The summed E-state index contributed by atoms with van der Waals surface area (Å²) < 4.78 is 0. The van der Waals surface area contributed by atoms with E-state index in [1.54, 1.807) is 0 Å². The van der Waals surface area contributed by atoms with Crippen LogP contribution < -0.4 is 5.43 Å². The van der Waals surface area contributed by atoms with Gasteiger partial charge in [-0.25, -0.2) is 0 Å². The lowest BCUT2D eigenvalue weighted by atomic mass is 10.2. The number of non-ortho nitro benzene ring substituents is 1. The molecule has 20 heavy (non-hydrogen) atoms. The predicted octanol–water partition coefficient (Wildman–Crippen LogP) is 1.38. The largest absolute Gasteiger partial charge is 0.301 e. The van der Waals surface area contributed by atoms with Crippen molar-refractivity contribution in [2.75, 3.05) is 5.43 Å². The van der Waals surface area contributed by atoms with Crippen molar-refractivity contribution in [2.45, 2.75) is 6.92 Å². The molecule has 0 atom stereocenters. The van der Waals surface area contributed by atoms with Gasteiger partial charge in [-0.05, 0) is 6.07 Å². The quantitative estimate of drug-likeness (QED) is 0.484. The Morgan fingerprint density at radius 1 is 1.35 bits per heavy atom. The van der Waals surface area contributed by atoms with Crippen LogP contribution in [0.15, 0.2) is 23.3 Å². The maximum atomic E-state index is 10.9. The summed E-state index contributed by atoms with van der Waals surface area (Å²) in [6.07, 6.45) is 0. The second kappa shape index (κ2) is 6.01. The molecule has 1 rings (SSSR count). The Bertz CT molecular complexity index is 660. The van der Waals surface area contributed by atoms with Crippen LogP contribution in [0.4, 0.5) is 17.1 Å². The minimum Gasteiger partial charge on any atom is -0.292 e. The highest BCUT2D eigenvalue weighted by Gasteiger charge is 2.19. The lowest BCUT2D eigenvalue weighted by Gasteiger charge is -2.02. The van der Waals surface area contributed by atoms with Gasteiger partial charge in [0.15, 0.2) is 5.78 Å². The number of hydrogen-bond donors (Lipinski definition) is 1. The van der Waals surface area contributed by atoms with Gasteiger partial charge in [0.25, 0.3) is 5.69 Å². The summed E-state index contributed by atoms with van der Waals surface area (Å²) >= 11 is 0. The van der Waals surface area contributed by atoms with E-state index in [0.29, 0.717) is 0 Å². The molecule has 0 amide bonds. The molecule has 0 fully saturated rings. The fourth-order valence-electron chi connectivity index (χ4n) is 1.18. The number of rotatable bonds is 5. The summed E-state index contributed by atoms with van der Waals surface area (Å²) in [5.74, 6) is -0.621. The number of carbonyl (C=O) groups is 1. The first-order valence-electron chi connectivity index (χ1n) is 5.04. The normalized spacial score (nSPS) is 10.5. The second-order valence-corrected chi connectivity index (χ2v) is 3.46. The summed E-state index contributed by atoms with van der Waals surface area (Å²) in [6, 6.07) is 4.35. The predicted molar refractivity (Wildman–Crippen MR) is 67.1 cm³/mol. The fraction of sp³-hybridized carbons (Fsp3) is 0.100. The minimum atomic E-state index is -0.843. The highest BCUT2D eigenvalue weighted by molar-refractivity contribution is 6.45. The van der Waals surface area contributed by atoms with Crippen molar-refractivity contribution in [1.29, 1.82) is 5.26 Å². The van der Waals surface area contributed by atoms with Crippen molar-refractivity contribution in [3.05, 3.63) is 38.4 Å². The molecule has 0 aliphatic rings. The number of nitro groups is 2. The Hall–Kier alpha value is -3.35. The molecule has 1 aromatic rings. The van der Waals surface area contributed by atoms with Gasteiger partial charge >= 0.3 is 5.69 Å². The highest BCUT2D eigenvalue weighted by atomic mass is 16.6. The second-order valence-electron chi connectivity index (χ2n) is 3.46. The molecule has 10 heteroatoms. The van der Waals surface area contributed by atoms with Crippen LogP contribution in [0.5, 0.6) is 0 Å². The van der Waals surface area contributed by atoms with Crippen LogP contribution in [-0.4, -0.2) is 21.3 Å². The number of hydrogen-bond acceptors (Lipinski definition) is 8. The Morgan fingerprint density at radius 3 is 2.45 bits per heavy atom. The van der Waals surface area contributed by atoms with Gasteiger partial charge in [-0.1, -0.05) is 0 Å². The van der Waals surface area contributed by atoms with Crippen LogP contribution in [0.25, 0.3) is 0 Å². The molecule has 102 valence electrons. The number of nitro benzene ring substituents is 2. The number of nitrogens with one attached hydrogen (secondary N) is 1.